The molecule has 18 heavy (non-hydrogen) atoms. The van der Waals surface area contributed by atoms with Crippen molar-refractivity contribution in [1.29, 1.82) is 0 Å². The van der Waals surface area contributed by atoms with Gasteiger partial charge in [0, 0.05) is 18.7 Å². The van der Waals surface area contributed by atoms with E-state index < -0.39 is 0 Å². The second-order valence-corrected chi connectivity index (χ2v) is 4.43. The Morgan fingerprint density at radius 1 is 1.17 bits per heavy atom. The van der Waals surface area contributed by atoms with Gasteiger partial charge in [0.2, 0.25) is 0 Å². The first kappa shape index (κ1) is 12.9. The predicted molar refractivity (Wildman–Crippen MR) is 73.9 cm³/mol. The Bertz CT molecular complexity index is 525. The smallest absolute Gasteiger partial charge is 0.123 e. The molecule has 1 N–H and O–H groups in total. The van der Waals surface area contributed by atoms with Crippen LogP contribution in [0.2, 0.25) is 0 Å². The largest absolute Gasteiger partial charge is 0.496 e. The lowest BCUT2D eigenvalue weighted by atomic mass is 10.0. The molecule has 3 heteroatoms. The molecule has 96 valence electrons. The van der Waals surface area contributed by atoms with E-state index >= 15 is 0 Å². The van der Waals surface area contributed by atoms with Crippen LogP contribution in [-0.4, -0.2) is 37.3 Å². The molecule has 0 fully saturated rings. The SMILES string of the molecule is COc1ccc2ccccc2c1CN(C)CCO. The number of ether oxygens (including phenoxy) is 1. The number of nitrogens with zero attached hydrogens (tertiary/aromatic N) is 1. The lowest BCUT2D eigenvalue weighted by Gasteiger charge is -2.19. The van der Waals surface area contributed by atoms with Crippen LogP contribution in [0.1, 0.15) is 5.56 Å². The topological polar surface area (TPSA) is 32.7 Å². The Morgan fingerprint density at radius 3 is 2.67 bits per heavy atom. The molecule has 0 aromatic heterocycles. The normalized spacial score (nSPS) is 11.1. The molecule has 0 aliphatic carbocycles. The van der Waals surface area contributed by atoms with Gasteiger partial charge in [-0.25, -0.2) is 0 Å². The molecule has 2 rings (SSSR count). The van der Waals surface area contributed by atoms with E-state index in [1.54, 1.807) is 7.11 Å². The molecule has 0 saturated carbocycles. The number of benzene rings is 2. The summed E-state index contributed by atoms with van der Waals surface area (Å²) >= 11 is 0. The zero-order valence-corrected chi connectivity index (χ0v) is 10.9. The molecular weight excluding hydrogens is 226 g/mol. The highest BCUT2D eigenvalue weighted by Gasteiger charge is 2.10. The van der Waals surface area contributed by atoms with Gasteiger partial charge >= 0.3 is 0 Å². The highest BCUT2D eigenvalue weighted by Crippen LogP contribution is 2.28. The third-order valence-corrected chi connectivity index (χ3v) is 3.13. The molecule has 0 amide bonds. The van der Waals surface area contributed by atoms with Crippen LogP contribution in [-0.2, 0) is 6.54 Å². The quantitative estimate of drug-likeness (QED) is 0.877. The standard InChI is InChI=1S/C15H19NO2/c1-16(9-10-17)11-14-13-6-4-3-5-12(13)7-8-15(14)18-2/h3-8,17H,9-11H2,1-2H3. The summed E-state index contributed by atoms with van der Waals surface area (Å²) in [7, 11) is 3.69. The van der Waals surface area contributed by atoms with E-state index in [0.29, 0.717) is 6.54 Å². The van der Waals surface area contributed by atoms with Crippen LogP contribution in [0.5, 0.6) is 5.75 Å². The summed E-state index contributed by atoms with van der Waals surface area (Å²) in [5.74, 6) is 0.901. The highest BCUT2D eigenvalue weighted by atomic mass is 16.5. The number of methoxy groups -OCH3 is 1. The summed E-state index contributed by atoms with van der Waals surface area (Å²) in [6, 6.07) is 12.4. The van der Waals surface area contributed by atoms with Crippen molar-refractivity contribution in [3.63, 3.8) is 0 Å². The first-order chi connectivity index (χ1) is 8.76. The van der Waals surface area contributed by atoms with Gasteiger partial charge in [-0.15, -0.1) is 0 Å². The molecular formula is C15H19NO2. The maximum atomic E-state index is 8.98. The minimum absolute atomic E-state index is 0.170. The molecule has 0 aliphatic heterocycles. The van der Waals surface area contributed by atoms with Crippen molar-refractivity contribution in [3.05, 3.63) is 42.0 Å². The fourth-order valence-electron chi connectivity index (χ4n) is 2.19. The van der Waals surface area contributed by atoms with Gasteiger partial charge in [0.15, 0.2) is 0 Å². The summed E-state index contributed by atoms with van der Waals surface area (Å²) in [5.41, 5.74) is 1.17. The van der Waals surface area contributed by atoms with Crippen molar-refractivity contribution in [2.75, 3.05) is 27.3 Å². The van der Waals surface area contributed by atoms with E-state index in [1.165, 1.54) is 16.3 Å². The summed E-state index contributed by atoms with van der Waals surface area (Å²) in [5, 5.41) is 11.4. The summed E-state index contributed by atoms with van der Waals surface area (Å²) < 4.78 is 5.44. The Morgan fingerprint density at radius 2 is 1.94 bits per heavy atom. The van der Waals surface area contributed by atoms with Crippen LogP contribution in [0.3, 0.4) is 0 Å². The molecule has 0 saturated heterocycles. The Hall–Kier alpha value is -1.58. The zero-order chi connectivity index (χ0) is 13.0. The second kappa shape index (κ2) is 5.85. The maximum Gasteiger partial charge on any atom is 0.123 e. The van der Waals surface area contributed by atoms with Gasteiger partial charge in [-0.2, -0.15) is 0 Å². The van der Waals surface area contributed by atoms with Crippen molar-refractivity contribution in [2.45, 2.75) is 6.54 Å². The van der Waals surface area contributed by atoms with E-state index in [-0.39, 0.29) is 6.61 Å². The number of hydrogen-bond donors (Lipinski definition) is 1. The van der Waals surface area contributed by atoms with Gasteiger partial charge in [-0.05, 0) is 23.9 Å². The van der Waals surface area contributed by atoms with Crippen LogP contribution in [0.25, 0.3) is 10.8 Å². The molecule has 3 nitrogen and oxygen atoms in total. The van der Waals surface area contributed by atoms with E-state index in [0.717, 1.165) is 12.3 Å². The van der Waals surface area contributed by atoms with E-state index in [1.807, 2.05) is 25.2 Å². The van der Waals surface area contributed by atoms with Crippen LogP contribution in [0, 0.1) is 0 Å². The summed E-state index contributed by atoms with van der Waals surface area (Å²) in [6.45, 7) is 1.60. The van der Waals surface area contributed by atoms with Gasteiger partial charge < -0.3 is 9.84 Å². The fourth-order valence-corrected chi connectivity index (χ4v) is 2.19. The Balaban J connectivity index is 2.44. The molecule has 0 heterocycles. The third kappa shape index (κ3) is 2.63. The average molecular weight is 245 g/mol. The van der Waals surface area contributed by atoms with Gasteiger partial charge in [-0.3, -0.25) is 4.90 Å². The average Bonchev–Trinajstić information content (AvgIpc) is 2.39. The Kier molecular flexibility index (Phi) is 4.18. The third-order valence-electron chi connectivity index (χ3n) is 3.13. The predicted octanol–water partition coefficient (Wildman–Crippen LogP) is 2.27. The first-order valence-electron chi connectivity index (χ1n) is 6.10. The number of fused-ring (bicyclic) bond motifs is 1. The van der Waals surface area contributed by atoms with Crippen molar-refractivity contribution in [2.24, 2.45) is 0 Å². The second-order valence-electron chi connectivity index (χ2n) is 4.43. The monoisotopic (exact) mass is 245 g/mol. The molecule has 0 spiro atoms. The summed E-state index contributed by atoms with van der Waals surface area (Å²) in [6.07, 6.45) is 0. The minimum Gasteiger partial charge on any atom is -0.496 e. The van der Waals surface area contributed by atoms with Gasteiger partial charge in [0.25, 0.3) is 0 Å². The number of hydrogen-bond acceptors (Lipinski definition) is 3. The lowest BCUT2D eigenvalue weighted by molar-refractivity contribution is 0.216. The fraction of sp³-hybridized carbons (Fsp3) is 0.333. The molecule has 0 radical (unpaired) electrons. The van der Waals surface area contributed by atoms with Crippen molar-refractivity contribution >= 4 is 10.8 Å². The number of aliphatic hydroxyl groups excluding tert-OH is 1. The van der Waals surface area contributed by atoms with Gasteiger partial charge in [0.1, 0.15) is 5.75 Å². The van der Waals surface area contributed by atoms with Crippen LogP contribution < -0.4 is 4.74 Å². The maximum absolute atomic E-state index is 8.98. The van der Waals surface area contributed by atoms with Crippen molar-refractivity contribution in [1.82, 2.24) is 4.90 Å². The number of aliphatic hydroxyl groups is 1. The van der Waals surface area contributed by atoms with Crippen LogP contribution >= 0.6 is 0 Å². The van der Waals surface area contributed by atoms with Crippen molar-refractivity contribution < 1.29 is 9.84 Å². The molecule has 0 bridgehead atoms. The molecule has 2 aromatic rings. The Labute approximate surface area is 108 Å². The van der Waals surface area contributed by atoms with E-state index in [4.69, 9.17) is 9.84 Å². The van der Waals surface area contributed by atoms with Crippen LogP contribution in [0.15, 0.2) is 36.4 Å². The zero-order valence-electron chi connectivity index (χ0n) is 10.9. The van der Waals surface area contributed by atoms with Gasteiger partial charge in [-0.1, -0.05) is 30.3 Å². The van der Waals surface area contributed by atoms with E-state index in [2.05, 4.69) is 23.1 Å². The number of rotatable bonds is 5. The molecule has 0 unspecified atom stereocenters. The van der Waals surface area contributed by atoms with Gasteiger partial charge in [0.05, 0.1) is 13.7 Å². The molecule has 0 aliphatic rings. The molecule has 0 atom stereocenters. The van der Waals surface area contributed by atoms with Crippen LogP contribution in [0.4, 0.5) is 0 Å². The minimum atomic E-state index is 0.170. The number of likely N-dealkylation sites (N-methyl/N-ethyl adjacent to an activating group) is 1. The van der Waals surface area contributed by atoms with E-state index in [9.17, 15) is 0 Å². The first-order valence-corrected chi connectivity index (χ1v) is 6.10. The lowest BCUT2D eigenvalue weighted by Crippen LogP contribution is -2.21. The van der Waals surface area contributed by atoms with Crippen molar-refractivity contribution in [3.8, 4) is 5.75 Å². The summed E-state index contributed by atoms with van der Waals surface area (Å²) in [4.78, 5) is 2.09. The highest BCUT2D eigenvalue weighted by molar-refractivity contribution is 5.87. The molecule has 2 aromatic carbocycles.